The van der Waals surface area contributed by atoms with E-state index < -0.39 is 0 Å². The second kappa shape index (κ2) is 6.13. The number of piperidine rings is 1. The molecule has 1 aromatic carbocycles. The number of benzene rings is 1. The highest BCUT2D eigenvalue weighted by molar-refractivity contribution is 7.80. The van der Waals surface area contributed by atoms with Crippen molar-refractivity contribution in [2.24, 2.45) is 5.92 Å². The Balaban J connectivity index is 1.69. The van der Waals surface area contributed by atoms with E-state index >= 15 is 0 Å². The van der Waals surface area contributed by atoms with Gasteiger partial charge < -0.3 is 10.2 Å². The van der Waals surface area contributed by atoms with Gasteiger partial charge in [0.05, 0.1) is 0 Å². The summed E-state index contributed by atoms with van der Waals surface area (Å²) in [5.74, 6) is 0.870. The summed E-state index contributed by atoms with van der Waals surface area (Å²) in [5.41, 5.74) is 2.39. The first kappa shape index (κ1) is 13.9. The Kier molecular flexibility index (Phi) is 4.25. The minimum atomic E-state index is 0.683. The average Bonchev–Trinajstić information content (AvgIpc) is 2.46. The molecule has 3 heteroatoms. The molecule has 2 nitrogen and oxygen atoms in total. The number of rotatable bonds is 1. The maximum atomic E-state index is 5.68. The van der Waals surface area contributed by atoms with Crippen LogP contribution in [0.3, 0.4) is 0 Å². The lowest BCUT2D eigenvalue weighted by molar-refractivity contribution is 0.121. The van der Waals surface area contributed by atoms with Crippen molar-refractivity contribution in [3.63, 3.8) is 0 Å². The predicted octanol–water partition coefficient (Wildman–Crippen LogP) is 4.35. The Bertz CT molecular complexity index is 484. The van der Waals surface area contributed by atoms with E-state index in [2.05, 4.69) is 41.4 Å². The van der Waals surface area contributed by atoms with Gasteiger partial charge in [0.15, 0.2) is 5.11 Å². The van der Waals surface area contributed by atoms with Crippen LogP contribution in [0.5, 0.6) is 0 Å². The minimum absolute atomic E-state index is 0.683. The molecule has 2 aliphatic rings. The maximum Gasteiger partial charge on any atom is 0.173 e. The summed E-state index contributed by atoms with van der Waals surface area (Å²) in [7, 11) is 0. The molecule has 1 heterocycles. The van der Waals surface area contributed by atoms with Gasteiger partial charge >= 0.3 is 0 Å². The van der Waals surface area contributed by atoms with E-state index in [-0.39, 0.29) is 0 Å². The summed E-state index contributed by atoms with van der Waals surface area (Å²) in [6.07, 6.45) is 8.18. The Hall–Kier alpha value is -1.09. The zero-order valence-corrected chi connectivity index (χ0v) is 13.1. The lowest BCUT2D eigenvalue weighted by atomic mass is 9.78. The van der Waals surface area contributed by atoms with E-state index in [9.17, 15) is 0 Å². The molecule has 1 saturated carbocycles. The van der Waals surface area contributed by atoms with E-state index in [1.807, 2.05) is 0 Å². The van der Waals surface area contributed by atoms with Crippen molar-refractivity contribution in [2.75, 3.05) is 11.9 Å². The largest absolute Gasteiger partial charge is 0.346 e. The fourth-order valence-electron chi connectivity index (χ4n) is 3.80. The molecule has 1 aromatic rings. The molecule has 0 bridgehead atoms. The Labute approximate surface area is 127 Å². The standard InChI is InChI=1S/C17H24N2S/c1-13-6-4-9-15(12-13)18-17(20)19-11-5-8-14-7-2-3-10-16(14)19/h4,6,9,12,14,16H,2-3,5,7-8,10-11H2,1H3,(H,18,20)/t14-,16-/m0/s1. The van der Waals surface area contributed by atoms with Gasteiger partial charge in [-0.15, -0.1) is 0 Å². The van der Waals surface area contributed by atoms with Gasteiger partial charge in [0.2, 0.25) is 0 Å². The highest BCUT2D eigenvalue weighted by Gasteiger charge is 2.34. The third-order valence-electron chi connectivity index (χ3n) is 4.77. The van der Waals surface area contributed by atoms with Crippen LogP contribution in [0.15, 0.2) is 24.3 Å². The van der Waals surface area contributed by atoms with Crippen molar-refractivity contribution in [3.05, 3.63) is 29.8 Å². The molecule has 0 aromatic heterocycles. The van der Waals surface area contributed by atoms with Crippen LogP contribution < -0.4 is 5.32 Å². The molecule has 1 N–H and O–H groups in total. The SMILES string of the molecule is Cc1cccc(NC(=S)N2CCC[C@@H]3CCCC[C@@H]32)c1. The molecule has 0 radical (unpaired) electrons. The monoisotopic (exact) mass is 288 g/mol. The zero-order chi connectivity index (χ0) is 13.9. The van der Waals surface area contributed by atoms with Gasteiger partial charge in [-0.2, -0.15) is 0 Å². The number of thiocarbonyl (C=S) groups is 1. The number of nitrogens with zero attached hydrogens (tertiary/aromatic N) is 1. The number of hydrogen-bond donors (Lipinski definition) is 1. The third-order valence-corrected chi connectivity index (χ3v) is 5.11. The molecule has 20 heavy (non-hydrogen) atoms. The minimum Gasteiger partial charge on any atom is -0.346 e. The van der Waals surface area contributed by atoms with Gasteiger partial charge in [-0.05, 0) is 68.4 Å². The Morgan fingerprint density at radius 2 is 2.00 bits per heavy atom. The van der Waals surface area contributed by atoms with Crippen molar-refractivity contribution in [1.82, 2.24) is 4.90 Å². The van der Waals surface area contributed by atoms with Crippen LogP contribution in [0.25, 0.3) is 0 Å². The van der Waals surface area contributed by atoms with Crippen LogP contribution in [0.1, 0.15) is 44.1 Å². The van der Waals surface area contributed by atoms with Crippen LogP contribution in [0.2, 0.25) is 0 Å². The second-order valence-electron chi connectivity index (χ2n) is 6.25. The summed E-state index contributed by atoms with van der Waals surface area (Å²) >= 11 is 5.68. The first-order valence-electron chi connectivity index (χ1n) is 7.88. The molecule has 3 rings (SSSR count). The topological polar surface area (TPSA) is 15.3 Å². The van der Waals surface area contributed by atoms with E-state index in [0.717, 1.165) is 23.3 Å². The first-order valence-corrected chi connectivity index (χ1v) is 8.29. The van der Waals surface area contributed by atoms with Gasteiger partial charge in [0.1, 0.15) is 0 Å². The van der Waals surface area contributed by atoms with Gasteiger partial charge in [-0.25, -0.2) is 0 Å². The summed E-state index contributed by atoms with van der Waals surface area (Å²) < 4.78 is 0. The van der Waals surface area contributed by atoms with Crippen LogP contribution >= 0.6 is 12.2 Å². The number of hydrogen-bond acceptors (Lipinski definition) is 1. The van der Waals surface area contributed by atoms with E-state index in [4.69, 9.17) is 12.2 Å². The lowest BCUT2D eigenvalue weighted by Crippen LogP contribution is -2.51. The fraction of sp³-hybridized carbons (Fsp3) is 0.588. The number of likely N-dealkylation sites (tertiary alicyclic amines) is 1. The first-order chi connectivity index (χ1) is 9.74. The quantitative estimate of drug-likeness (QED) is 0.774. The molecular formula is C17H24N2S. The predicted molar refractivity (Wildman–Crippen MR) is 89.1 cm³/mol. The number of nitrogens with one attached hydrogen (secondary N) is 1. The summed E-state index contributed by atoms with van der Waals surface area (Å²) in [6.45, 7) is 3.24. The van der Waals surface area contributed by atoms with Gasteiger partial charge in [-0.3, -0.25) is 0 Å². The molecule has 1 aliphatic carbocycles. The van der Waals surface area contributed by atoms with Crippen molar-refractivity contribution in [3.8, 4) is 0 Å². The van der Waals surface area contributed by atoms with Crippen molar-refractivity contribution in [1.29, 1.82) is 0 Å². The molecule has 2 fully saturated rings. The normalized spacial score (nSPS) is 25.9. The molecule has 1 saturated heterocycles. The lowest BCUT2D eigenvalue weighted by Gasteiger charge is -2.45. The fourth-order valence-corrected chi connectivity index (χ4v) is 4.14. The summed E-state index contributed by atoms with van der Waals surface area (Å²) in [4.78, 5) is 2.46. The molecular weight excluding hydrogens is 264 g/mol. The van der Waals surface area contributed by atoms with Crippen LogP contribution in [-0.2, 0) is 0 Å². The Morgan fingerprint density at radius 3 is 2.85 bits per heavy atom. The van der Waals surface area contributed by atoms with Crippen molar-refractivity contribution in [2.45, 2.75) is 51.5 Å². The van der Waals surface area contributed by atoms with Gasteiger partial charge in [-0.1, -0.05) is 25.0 Å². The van der Waals surface area contributed by atoms with Crippen molar-refractivity contribution >= 4 is 23.0 Å². The number of aryl methyl sites for hydroxylation is 1. The molecule has 0 spiro atoms. The van der Waals surface area contributed by atoms with Crippen LogP contribution in [0.4, 0.5) is 5.69 Å². The van der Waals surface area contributed by atoms with E-state index in [1.54, 1.807) is 0 Å². The summed E-state index contributed by atoms with van der Waals surface area (Å²) in [6, 6.07) is 9.14. The molecule has 1 aliphatic heterocycles. The maximum absolute atomic E-state index is 5.68. The highest BCUT2D eigenvalue weighted by atomic mass is 32.1. The number of anilines is 1. The third kappa shape index (κ3) is 2.98. The summed E-state index contributed by atoms with van der Waals surface area (Å²) in [5, 5.41) is 4.37. The van der Waals surface area contributed by atoms with Gasteiger partial charge in [0.25, 0.3) is 0 Å². The Morgan fingerprint density at radius 1 is 1.20 bits per heavy atom. The second-order valence-corrected chi connectivity index (χ2v) is 6.63. The van der Waals surface area contributed by atoms with Crippen LogP contribution in [0, 0.1) is 12.8 Å². The smallest absolute Gasteiger partial charge is 0.173 e. The van der Waals surface area contributed by atoms with Crippen molar-refractivity contribution < 1.29 is 0 Å². The average molecular weight is 288 g/mol. The number of fused-ring (bicyclic) bond motifs is 1. The molecule has 0 unspecified atom stereocenters. The van der Waals surface area contributed by atoms with E-state index in [1.165, 1.54) is 44.1 Å². The van der Waals surface area contributed by atoms with E-state index in [0.29, 0.717) is 6.04 Å². The highest BCUT2D eigenvalue weighted by Crippen LogP contribution is 2.35. The molecule has 108 valence electrons. The molecule has 2 atom stereocenters. The zero-order valence-electron chi connectivity index (χ0n) is 12.3. The molecule has 0 amide bonds. The van der Waals surface area contributed by atoms with Crippen LogP contribution in [-0.4, -0.2) is 22.6 Å². The van der Waals surface area contributed by atoms with Gasteiger partial charge in [0, 0.05) is 18.3 Å².